The minimum absolute atomic E-state index is 0.0386. The number of alkyl carbamates (subject to hydrolysis) is 1. The van der Waals surface area contributed by atoms with Crippen LogP contribution in [0.5, 0.6) is 0 Å². The molecule has 16 nitrogen and oxygen atoms in total. The van der Waals surface area contributed by atoms with Crippen molar-refractivity contribution in [3.63, 3.8) is 0 Å². The third-order valence-electron chi connectivity index (χ3n) is 9.58. The van der Waals surface area contributed by atoms with Crippen LogP contribution in [0.3, 0.4) is 0 Å². The second-order valence-corrected chi connectivity index (χ2v) is 17.1. The van der Waals surface area contributed by atoms with Gasteiger partial charge in [-0.15, -0.1) is 0 Å². The number of guanidine groups is 1. The SMILES string of the molecule is Cc1ccc(S(=O)(=O)[C@@H](CC(=O)[C@@H]2CCCN2)N(C(=O)[C@H](CCCN=C(N)N)NC(=O)OC(C)(C)C)C(=O)C(C)(C(C)C)N2CC[C@H](N)C2=O)cc1. The van der Waals surface area contributed by atoms with Crippen LogP contribution in [0, 0.1) is 12.8 Å². The molecule has 2 aliphatic heterocycles. The van der Waals surface area contributed by atoms with Gasteiger partial charge in [-0.05, 0) is 91.3 Å². The number of benzene rings is 1. The summed E-state index contributed by atoms with van der Waals surface area (Å²) in [5, 5.41) is 3.53. The maximum atomic E-state index is 15.3. The van der Waals surface area contributed by atoms with Crippen LogP contribution in [0.1, 0.15) is 85.6 Å². The standard InChI is InChI=1S/C35H56N8O8S/c1-21(2)35(7,42-19-16-24(36)29(42)45)31(47)43(30(46)26(11-9-18-40-32(37)38)41-33(48)51-34(4,5)6)28(20-27(44)25-10-8-17-39-25)52(49,50)23-14-12-22(3)13-15-23/h12-15,21,24-26,28,39H,8-11,16-20,36H2,1-7H3,(H,41,48)(H4,37,38,40)/t24-,25-,26-,28-,35?/m0/s1. The van der Waals surface area contributed by atoms with Crippen LogP contribution >= 0.6 is 0 Å². The third-order valence-corrected chi connectivity index (χ3v) is 11.6. The lowest BCUT2D eigenvalue weighted by Crippen LogP contribution is -2.67. The number of Topliss-reactive ketones (excluding diaryl/α,β-unsaturated/α-hetero) is 1. The lowest BCUT2D eigenvalue weighted by molar-refractivity contribution is -0.161. The summed E-state index contributed by atoms with van der Waals surface area (Å²) < 4.78 is 35.0. The number of aliphatic imine (C=N–C) groups is 1. The topological polar surface area (TPSA) is 250 Å². The molecular weight excluding hydrogens is 692 g/mol. The molecule has 4 amide bonds. The Morgan fingerprint density at radius 3 is 2.23 bits per heavy atom. The molecule has 290 valence electrons. The molecule has 3 rings (SSSR count). The molecule has 0 aromatic heterocycles. The summed E-state index contributed by atoms with van der Waals surface area (Å²) in [5.74, 6) is -4.08. The molecule has 2 saturated heterocycles. The minimum Gasteiger partial charge on any atom is -0.444 e. The first-order chi connectivity index (χ1) is 24.1. The fourth-order valence-corrected chi connectivity index (χ4v) is 8.02. The van der Waals surface area contributed by atoms with E-state index in [2.05, 4.69) is 15.6 Å². The highest BCUT2D eigenvalue weighted by Gasteiger charge is 2.55. The van der Waals surface area contributed by atoms with E-state index in [4.69, 9.17) is 21.9 Å². The third kappa shape index (κ3) is 10.1. The zero-order valence-corrected chi connectivity index (χ0v) is 32.1. The van der Waals surface area contributed by atoms with E-state index in [9.17, 15) is 22.8 Å². The van der Waals surface area contributed by atoms with Crippen LogP contribution in [-0.2, 0) is 33.8 Å². The molecule has 8 N–H and O–H groups in total. The van der Waals surface area contributed by atoms with Crippen LogP contribution in [0.4, 0.5) is 4.79 Å². The number of nitrogens with zero attached hydrogens (tertiary/aromatic N) is 3. The average molecular weight is 749 g/mol. The van der Waals surface area contributed by atoms with Gasteiger partial charge in [0.15, 0.2) is 27.0 Å². The number of rotatable bonds is 15. The average Bonchev–Trinajstić information content (AvgIpc) is 3.71. The van der Waals surface area contributed by atoms with Gasteiger partial charge in [-0.3, -0.25) is 29.1 Å². The Hall–Kier alpha value is -4.09. The molecule has 0 saturated carbocycles. The highest BCUT2D eigenvalue weighted by atomic mass is 32.2. The normalized spacial score (nSPS) is 20.2. The van der Waals surface area contributed by atoms with Gasteiger partial charge in [0.1, 0.15) is 17.2 Å². The van der Waals surface area contributed by atoms with Crippen molar-refractivity contribution in [1.82, 2.24) is 20.4 Å². The first-order valence-corrected chi connectivity index (χ1v) is 19.2. The zero-order chi connectivity index (χ0) is 39.2. The molecule has 1 unspecified atom stereocenters. The van der Waals surface area contributed by atoms with E-state index in [0.717, 1.165) is 5.56 Å². The fraction of sp³-hybridized carbons (Fsp3) is 0.657. The molecule has 1 aromatic rings. The summed E-state index contributed by atoms with van der Waals surface area (Å²) in [6.45, 7) is 12.1. The summed E-state index contributed by atoms with van der Waals surface area (Å²) in [6, 6.07) is 2.67. The van der Waals surface area contributed by atoms with Gasteiger partial charge in [0.25, 0.3) is 11.8 Å². The van der Waals surface area contributed by atoms with Crippen LogP contribution < -0.4 is 27.8 Å². The van der Waals surface area contributed by atoms with Gasteiger partial charge in [-0.2, -0.15) is 0 Å². The molecule has 0 aliphatic carbocycles. The molecule has 52 heavy (non-hydrogen) atoms. The van der Waals surface area contributed by atoms with E-state index in [-0.39, 0.29) is 43.2 Å². The highest BCUT2D eigenvalue weighted by molar-refractivity contribution is 7.92. The van der Waals surface area contributed by atoms with E-state index in [0.29, 0.717) is 24.3 Å². The van der Waals surface area contributed by atoms with E-state index < -0.39 is 86.4 Å². The second-order valence-electron chi connectivity index (χ2n) is 15.0. The molecule has 2 fully saturated rings. The molecule has 1 aromatic carbocycles. The number of ether oxygens (including phenoxy) is 1. The smallest absolute Gasteiger partial charge is 0.408 e. The van der Waals surface area contributed by atoms with Crippen molar-refractivity contribution in [2.75, 3.05) is 19.6 Å². The monoisotopic (exact) mass is 748 g/mol. The van der Waals surface area contributed by atoms with Crippen molar-refractivity contribution in [1.29, 1.82) is 0 Å². The molecule has 0 bridgehead atoms. The summed E-state index contributed by atoms with van der Waals surface area (Å²) >= 11 is 0. The molecular formula is C35H56N8O8S. The maximum Gasteiger partial charge on any atom is 0.408 e. The van der Waals surface area contributed by atoms with E-state index >= 15 is 9.59 Å². The largest absolute Gasteiger partial charge is 0.444 e. The number of hydrogen-bond acceptors (Lipinski definition) is 11. The number of nitrogens with two attached hydrogens (primary N) is 3. The molecule has 5 atom stereocenters. The number of likely N-dealkylation sites (tertiary alicyclic amines) is 1. The highest BCUT2D eigenvalue weighted by Crippen LogP contribution is 2.35. The summed E-state index contributed by atoms with van der Waals surface area (Å²) in [6.07, 6.45) is -0.444. The van der Waals surface area contributed by atoms with Gasteiger partial charge >= 0.3 is 6.09 Å². The Morgan fingerprint density at radius 2 is 1.73 bits per heavy atom. The number of carbonyl (C=O) groups excluding carboxylic acids is 5. The molecule has 0 radical (unpaired) electrons. The summed E-state index contributed by atoms with van der Waals surface area (Å²) in [4.78, 5) is 76.4. The number of imide groups is 1. The first-order valence-electron chi connectivity index (χ1n) is 17.7. The summed E-state index contributed by atoms with van der Waals surface area (Å²) in [5.41, 5.74) is 15.0. The van der Waals surface area contributed by atoms with Crippen molar-refractivity contribution >= 4 is 45.4 Å². The molecule has 2 aliphatic rings. The molecule has 0 spiro atoms. The molecule has 2 heterocycles. The number of ketones is 1. The van der Waals surface area contributed by atoms with Gasteiger partial charge in [0.2, 0.25) is 5.91 Å². The van der Waals surface area contributed by atoms with Crippen molar-refractivity contribution in [3.8, 4) is 0 Å². The Morgan fingerprint density at radius 1 is 1.10 bits per heavy atom. The van der Waals surface area contributed by atoms with E-state index in [1.807, 2.05) is 0 Å². The zero-order valence-electron chi connectivity index (χ0n) is 31.3. The Kier molecular flexibility index (Phi) is 14.0. The number of carbonyl (C=O) groups is 5. The number of amides is 4. The molecule has 17 heteroatoms. The van der Waals surface area contributed by atoms with Crippen LogP contribution in [0.25, 0.3) is 0 Å². The Bertz CT molecular complexity index is 1620. The van der Waals surface area contributed by atoms with Gasteiger partial charge in [0.05, 0.1) is 17.0 Å². The Balaban J connectivity index is 2.30. The lowest BCUT2D eigenvalue weighted by Gasteiger charge is -2.45. The number of aryl methyl sites for hydroxylation is 1. The second kappa shape index (κ2) is 17.2. The van der Waals surface area contributed by atoms with Gasteiger partial charge < -0.3 is 37.5 Å². The van der Waals surface area contributed by atoms with Crippen molar-refractivity contribution in [3.05, 3.63) is 29.8 Å². The van der Waals surface area contributed by atoms with Crippen LogP contribution in [-0.4, -0.2) is 108 Å². The lowest BCUT2D eigenvalue weighted by atomic mass is 9.84. The quantitative estimate of drug-likeness (QED) is 0.0961. The minimum atomic E-state index is -4.68. The maximum absolute atomic E-state index is 15.3. The Labute approximate surface area is 306 Å². The number of hydrogen-bond donors (Lipinski definition) is 5. The van der Waals surface area contributed by atoms with Crippen molar-refractivity contribution < 1.29 is 37.1 Å². The first kappa shape index (κ1) is 42.3. The number of sulfone groups is 1. The number of nitrogens with one attached hydrogen (secondary N) is 2. The predicted molar refractivity (Wildman–Crippen MR) is 195 cm³/mol. The van der Waals surface area contributed by atoms with Gasteiger partial charge in [-0.25, -0.2) is 13.2 Å². The predicted octanol–water partition coefficient (Wildman–Crippen LogP) is 1.08. The van der Waals surface area contributed by atoms with Crippen LogP contribution in [0.2, 0.25) is 0 Å². The van der Waals surface area contributed by atoms with Gasteiger partial charge in [0, 0.05) is 19.5 Å². The van der Waals surface area contributed by atoms with Crippen molar-refractivity contribution in [2.24, 2.45) is 28.1 Å². The van der Waals surface area contributed by atoms with E-state index in [1.54, 1.807) is 53.7 Å². The summed E-state index contributed by atoms with van der Waals surface area (Å²) in [7, 11) is -4.68. The van der Waals surface area contributed by atoms with Gasteiger partial charge in [-0.1, -0.05) is 31.5 Å². The van der Waals surface area contributed by atoms with E-state index in [1.165, 1.54) is 24.0 Å². The van der Waals surface area contributed by atoms with Crippen LogP contribution in [0.15, 0.2) is 34.2 Å². The van der Waals surface area contributed by atoms with Crippen molar-refractivity contribution in [2.45, 2.75) is 127 Å². The fourth-order valence-electron chi connectivity index (χ4n) is 6.33.